The van der Waals surface area contributed by atoms with Gasteiger partial charge < -0.3 is 18.9 Å². The molecule has 6 nitrogen and oxygen atoms in total. The summed E-state index contributed by atoms with van der Waals surface area (Å²) in [6, 6.07) is 0. The minimum Gasteiger partial charge on any atom is -0.469 e. The zero-order valence-electron chi connectivity index (χ0n) is 10.8. The number of hydrogen-bond acceptors (Lipinski definition) is 6. The highest BCUT2D eigenvalue weighted by atomic mass is 16.6. The summed E-state index contributed by atoms with van der Waals surface area (Å²) in [6.45, 7) is 4.28. The van der Waals surface area contributed by atoms with Gasteiger partial charge in [-0.05, 0) is 13.8 Å². The lowest BCUT2D eigenvalue weighted by Gasteiger charge is -2.18. The van der Waals surface area contributed by atoms with Gasteiger partial charge in [-0.15, -0.1) is 0 Å². The Kier molecular flexibility index (Phi) is 3.87. The summed E-state index contributed by atoms with van der Waals surface area (Å²) in [5.74, 6) is -1.43. The summed E-state index contributed by atoms with van der Waals surface area (Å²) in [5.41, 5.74) is 0. The van der Waals surface area contributed by atoms with E-state index < -0.39 is 30.1 Å². The van der Waals surface area contributed by atoms with Crippen LogP contribution in [-0.4, -0.2) is 50.1 Å². The molecule has 0 amide bonds. The molecule has 2 heterocycles. The van der Waals surface area contributed by atoms with Crippen LogP contribution in [0, 0.1) is 5.92 Å². The maximum atomic E-state index is 11.7. The number of methoxy groups -OCH3 is 1. The van der Waals surface area contributed by atoms with Gasteiger partial charge in [-0.25, -0.2) is 0 Å². The predicted molar refractivity (Wildman–Crippen MR) is 59.8 cm³/mol. The van der Waals surface area contributed by atoms with Gasteiger partial charge in [-0.1, -0.05) is 0 Å². The molecular weight excluding hydrogens is 240 g/mol. The topological polar surface area (TPSA) is 71.1 Å². The van der Waals surface area contributed by atoms with E-state index in [0.717, 1.165) is 0 Å². The summed E-state index contributed by atoms with van der Waals surface area (Å²) in [7, 11) is 1.29. The Morgan fingerprint density at radius 1 is 1.39 bits per heavy atom. The Hall–Kier alpha value is -1.14. The molecule has 0 aromatic rings. The van der Waals surface area contributed by atoms with Crippen LogP contribution >= 0.6 is 0 Å². The summed E-state index contributed by atoms with van der Waals surface area (Å²) in [5, 5.41) is 0. The first-order chi connectivity index (χ1) is 8.58. The zero-order valence-corrected chi connectivity index (χ0v) is 10.8. The van der Waals surface area contributed by atoms with Crippen molar-refractivity contribution < 1.29 is 28.5 Å². The summed E-state index contributed by atoms with van der Waals surface area (Å²) >= 11 is 0. The lowest BCUT2D eigenvalue weighted by Crippen LogP contribution is -2.34. The molecule has 0 aromatic carbocycles. The third-order valence-corrected chi connectivity index (χ3v) is 3.41. The molecule has 102 valence electrons. The fourth-order valence-corrected chi connectivity index (χ4v) is 2.56. The van der Waals surface area contributed by atoms with E-state index in [2.05, 4.69) is 4.74 Å². The Morgan fingerprint density at radius 3 is 2.72 bits per heavy atom. The Balaban J connectivity index is 2.08. The van der Waals surface area contributed by atoms with Gasteiger partial charge in [0.05, 0.1) is 25.6 Å². The van der Waals surface area contributed by atoms with E-state index in [1.807, 2.05) is 13.8 Å². The molecular formula is C12H18O6. The molecule has 2 aliphatic heterocycles. The third kappa shape index (κ3) is 2.22. The van der Waals surface area contributed by atoms with E-state index in [1.54, 1.807) is 0 Å². The molecule has 0 N–H and O–H groups in total. The minimum atomic E-state index is -0.588. The van der Waals surface area contributed by atoms with Crippen LogP contribution in [0.4, 0.5) is 0 Å². The fraction of sp³-hybridized carbons (Fsp3) is 0.833. The third-order valence-electron chi connectivity index (χ3n) is 3.41. The Labute approximate surface area is 106 Å². The molecule has 2 aliphatic rings. The second-order valence-electron chi connectivity index (χ2n) is 4.51. The largest absolute Gasteiger partial charge is 0.469 e. The molecule has 0 aliphatic carbocycles. The smallest absolute Gasteiger partial charge is 0.312 e. The second kappa shape index (κ2) is 5.24. The monoisotopic (exact) mass is 258 g/mol. The van der Waals surface area contributed by atoms with Crippen molar-refractivity contribution in [2.24, 2.45) is 5.92 Å². The molecule has 2 fully saturated rings. The molecule has 0 saturated carbocycles. The predicted octanol–water partition coefficient (Wildman–Crippen LogP) is 0.283. The molecule has 5 atom stereocenters. The van der Waals surface area contributed by atoms with E-state index in [4.69, 9.17) is 14.2 Å². The van der Waals surface area contributed by atoms with Gasteiger partial charge in [-0.3, -0.25) is 9.59 Å². The van der Waals surface area contributed by atoms with Crippen LogP contribution in [0.1, 0.15) is 20.3 Å². The van der Waals surface area contributed by atoms with Gasteiger partial charge >= 0.3 is 11.9 Å². The molecule has 0 bridgehead atoms. The maximum Gasteiger partial charge on any atom is 0.312 e. The van der Waals surface area contributed by atoms with Crippen molar-refractivity contribution >= 4 is 11.9 Å². The van der Waals surface area contributed by atoms with Gasteiger partial charge in [0, 0.05) is 6.61 Å². The molecule has 2 rings (SSSR count). The normalized spacial score (nSPS) is 38.4. The van der Waals surface area contributed by atoms with Crippen LogP contribution in [0.5, 0.6) is 0 Å². The zero-order chi connectivity index (χ0) is 13.3. The van der Waals surface area contributed by atoms with Gasteiger partial charge in [0.25, 0.3) is 0 Å². The van der Waals surface area contributed by atoms with E-state index in [-0.39, 0.29) is 18.6 Å². The second-order valence-corrected chi connectivity index (χ2v) is 4.51. The number of carbonyl (C=O) groups is 2. The summed E-state index contributed by atoms with van der Waals surface area (Å²) < 4.78 is 21.1. The summed E-state index contributed by atoms with van der Waals surface area (Å²) in [4.78, 5) is 23.0. The van der Waals surface area contributed by atoms with Crippen molar-refractivity contribution in [2.45, 2.75) is 44.7 Å². The average molecular weight is 258 g/mol. The van der Waals surface area contributed by atoms with E-state index >= 15 is 0 Å². The number of carbonyl (C=O) groups excluding carboxylic acids is 2. The number of hydrogen-bond donors (Lipinski definition) is 0. The maximum absolute atomic E-state index is 11.7. The molecule has 18 heavy (non-hydrogen) atoms. The van der Waals surface area contributed by atoms with Crippen LogP contribution in [0.25, 0.3) is 0 Å². The van der Waals surface area contributed by atoms with Crippen LogP contribution in [0.3, 0.4) is 0 Å². The molecule has 0 aromatic heterocycles. The van der Waals surface area contributed by atoms with Crippen LogP contribution < -0.4 is 0 Å². The quantitative estimate of drug-likeness (QED) is 0.675. The highest BCUT2D eigenvalue weighted by Crippen LogP contribution is 2.38. The van der Waals surface area contributed by atoms with Crippen molar-refractivity contribution in [3.05, 3.63) is 0 Å². The van der Waals surface area contributed by atoms with Crippen molar-refractivity contribution in [3.8, 4) is 0 Å². The van der Waals surface area contributed by atoms with Crippen LogP contribution in [0.15, 0.2) is 0 Å². The number of rotatable bonds is 4. The average Bonchev–Trinajstić information content (AvgIpc) is 2.79. The molecule has 0 spiro atoms. The molecule has 6 heteroatoms. The molecule has 0 radical (unpaired) electrons. The molecule has 2 saturated heterocycles. The first-order valence-corrected chi connectivity index (χ1v) is 6.12. The first kappa shape index (κ1) is 13.3. The van der Waals surface area contributed by atoms with Crippen molar-refractivity contribution in [2.75, 3.05) is 13.7 Å². The van der Waals surface area contributed by atoms with Gasteiger partial charge in [0.15, 0.2) is 6.10 Å². The first-order valence-electron chi connectivity index (χ1n) is 6.12. The Bertz CT molecular complexity index is 341. The van der Waals surface area contributed by atoms with Crippen LogP contribution in [-0.2, 0) is 28.5 Å². The van der Waals surface area contributed by atoms with Crippen LogP contribution in [0.2, 0.25) is 0 Å². The number of ether oxygens (including phenoxy) is 4. The number of fused-ring (bicyclic) bond motifs is 1. The van der Waals surface area contributed by atoms with Gasteiger partial charge in [-0.2, -0.15) is 0 Å². The van der Waals surface area contributed by atoms with Crippen molar-refractivity contribution in [1.29, 1.82) is 0 Å². The number of esters is 2. The Morgan fingerprint density at radius 2 is 2.11 bits per heavy atom. The lowest BCUT2D eigenvalue weighted by atomic mass is 9.97. The van der Waals surface area contributed by atoms with E-state index in [0.29, 0.717) is 6.61 Å². The molecule has 5 unspecified atom stereocenters. The standard InChI is InChI=1S/C12H18O6/c1-4-16-9-6(2)17-10-7(5-8(13)15-3)12(14)18-11(9)10/h6-7,9-11H,4-5H2,1-3H3. The minimum absolute atomic E-state index is 0.0118. The van der Waals surface area contributed by atoms with E-state index in [9.17, 15) is 9.59 Å². The fourth-order valence-electron chi connectivity index (χ4n) is 2.56. The van der Waals surface area contributed by atoms with E-state index in [1.165, 1.54) is 7.11 Å². The van der Waals surface area contributed by atoms with Gasteiger partial charge in [0.2, 0.25) is 0 Å². The lowest BCUT2D eigenvalue weighted by molar-refractivity contribution is -0.154. The summed E-state index contributed by atoms with van der Waals surface area (Å²) in [6.07, 6.45) is -1.24. The van der Waals surface area contributed by atoms with Crippen molar-refractivity contribution in [1.82, 2.24) is 0 Å². The van der Waals surface area contributed by atoms with Crippen molar-refractivity contribution in [3.63, 3.8) is 0 Å². The highest BCUT2D eigenvalue weighted by molar-refractivity contribution is 5.82. The highest BCUT2D eigenvalue weighted by Gasteiger charge is 2.56. The van der Waals surface area contributed by atoms with Gasteiger partial charge in [0.1, 0.15) is 12.2 Å². The SMILES string of the molecule is CCOC1C(C)OC2C(CC(=O)OC)C(=O)OC12.